The van der Waals surface area contributed by atoms with Crippen LogP contribution in [0.25, 0.3) is 6.08 Å². The van der Waals surface area contributed by atoms with Crippen molar-refractivity contribution in [1.82, 2.24) is 10.3 Å². The number of nitrogens with zero attached hydrogens (tertiary/aromatic N) is 1. The third kappa shape index (κ3) is 5.29. The lowest BCUT2D eigenvalue weighted by molar-refractivity contribution is 0.141. The van der Waals surface area contributed by atoms with Gasteiger partial charge in [0.1, 0.15) is 17.0 Å². The summed E-state index contributed by atoms with van der Waals surface area (Å²) in [7, 11) is 0. The molecule has 0 fully saturated rings. The number of aromatic nitrogens is 1. The molecule has 0 aliphatic carbocycles. The molecule has 1 amide bonds. The molecular formula is C16H14BrFN2O2. The van der Waals surface area contributed by atoms with E-state index in [0.717, 1.165) is 11.8 Å². The van der Waals surface area contributed by atoms with Gasteiger partial charge in [0.25, 0.3) is 0 Å². The molecule has 22 heavy (non-hydrogen) atoms. The highest BCUT2D eigenvalue weighted by Crippen LogP contribution is 2.13. The van der Waals surface area contributed by atoms with Gasteiger partial charge in [-0.15, -0.1) is 0 Å². The number of alkyl carbamates (subject to hydrolysis) is 1. The van der Waals surface area contributed by atoms with Crippen LogP contribution < -0.4 is 5.32 Å². The predicted octanol–water partition coefficient (Wildman–Crippen LogP) is 3.92. The summed E-state index contributed by atoms with van der Waals surface area (Å²) in [5, 5.41) is 2.56. The Balaban J connectivity index is 1.75. The zero-order valence-corrected chi connectivity index (χ0v) is 13.2. The van der Waals surface area contributed by atoms with Gasteiger partial charge in [-0.2, -0.15) is 0 Å². The molecule has 0 radical (unpaired) electrons. The van der Waals surface area contributed by atoms with E-state index in [1.54, 1.807) is 18.2 Å². The lowest BCUT2D eigenvalue weighted by Crippen LogP contribution is -2.24. The monoisotopic (exact) mass is 364 g/mol. The molecule has 0 aliphatic rings. The van der Waals surface area contributed by atoms with Crippen LogP contribution >= 0.6 is 15.9 Å². The van der Waals surface area contributed by atoms with Gasteiger partial charge in [-0.05, 0) is 27.6 Å². The number of carbonyl (C=O) groups excluding carboxylic acids is 1. The van der Waals surface area contributed by atoms with E-state index in [1.807, 2.05) is 30.3 Å². The summed E-state index contributed by atoms with van der Waals surface area (Å²) in [6.07, 6.45) is 3.81. The van der Waals surface area contributed by atoms with Gasteiger partial charge in [-0.25, -0.2) is 14.2 Å². The maximum Gasteiger partial charge on any atom is 0.407 e. The van der Waals surface area contributed by atoms with Gasteiger partial charge in [-0.3, -0.25) is 0 Å². The van der Waals surface area contributed by atoms with E-state index in [-0.39, 0.29) is 13.2 Å². The van der Waals surface area contributed by atoms with Crippen molar-refractivity contribution in [3.05, 3.63) is 70.2 Å². The fourth-order valence-corrected chi connectivity index (χ4v) is 2.01. The molecule has 0 saturated carbocycles. The smallest absolute Gasteiger partial charge is 0.407 e. The van der Waals surface area contributed by atoms with Gasteiger partial charge in [0.2, 0.25) is 0 Å². The summed E-state index contributed by atoms with van der Waals surface area (Å²) in [6, 6.07) is 10.9. The van der Waals surface area contributed by atoms with Crippen molar-refractivity contribution in [3.63, 3.8) is 0 Å². The van der Waals surface area contributed by atoms with Crippen LogP contribution in [0.1, 0.15) is 11.1 Å². The number of carbonyl (C=O) groups is 1. The molecule has 0 unspecified atom stereocenters. The Hall–Kier alpha value is -2.21. The molecule has 1 heterocycles. The second-order valence-electron chi connectivity index (χ2n) is 4.37. The number of rotatable bonds is 5. The Morgan fingerprint density at radius 2 is 2.14 bits per heavy atom. The Bertz CT molecular complexity index is 662. The molecule has 0 saturated heterocycles. The minimum absolute atomic E-state index is 0.211. The van der Waals surface area contributed by atoms with Gasteiger partial charge in [0.05, 0.1) is 6.20 Å². The minimum Gasteiger partial charge on any atom is -0.445 e. The van der Waals surface area contributed by atoms with Crippen LogP contribution in [0.5, 0.6) is 0 Å². The van der Waals surface area contributed by atoms with E-state index in [9.17, 15) is 9.18 Å². The average Bonchev–Trinajstić information content (AvgIpc) is 2.53. The average molecular weight is 365 g/mol. The highest BCUT2D eigenvalue weighted by molar-refractivity contribution is 9.10. The Labute approximate surface area is 136 Å². The maximum absolute atomic E-state index is 13.4. The van der Waals surface area contributed by atoms with Crippen LogP contribution in [0.4, 0.5) is 9.18 Å². The number of hydrogen-bond acceptors (Lipinski definition) is 3. The van der Waals surface area contributed by atoms with E-state index in [1.165, 1.54) is 0 Å². The van der Waals surface area contributed by atoms with Gasteiger partial charge < -0.3 is 10.1 Å². The topological polar surface area (TPSA) is 51.2 Å². The fraction of sp³-hybridized carbons (Fsp3) is 0.125. The quantitative estimate of drug-likeness (QED) is 0.818. The zero-order valence-electron chi connectivity index (χ0n) is 11.6. The number of benzene rings is 1. The van der Waals surface area contributed by atoms with Crippen molar-refractivity contribution in [3.8, 4) is 0 Å². The molecule has 0 aliphatic heterocycles. The first-order chi connectivity index (χ1) is 10.6. The van der Waals surface area contributed by atoms with Crippen LogP contribution in [0, 0.1) is 5.82 Å². The number of pyridine rings is 1. The number of amides is 1. The molecule has 1 aromatic heterocycles. The molecule has 2 aromatic rings. The molecule has 1 N–H and O–H groups in total. The van der Waals surface area contributed by atoms with Crippen LogP contribution in [-0.2, 0) is 11.3 Å². The van der Waals surface area contributed by atoms with Gasteiger partial charge >= 0.3 is 6.09 Å². The molecule has 0 spiro atoms. The van der Waals surface area contributed by atoms with Crippen LogP contribution in [0.2, 0.25) is 0 Å². The summed E-state index contributed by atoms with van der Waals surface area (Å²) in [6.45, 7) is 0.454. The number of ether oxygens (including phenoxy) is 1. The zero-order chi connectivity index (χ0) is 15.8. The second kappa shape index (κ2) is 8.29. The molecule has 1 aromatic carbocycles. The van der Waals surface area contributed by atoms with E-state index in [2.05, 4.69) is 26.2 Å². The first-order valence-electron chi connectivity index (χ1n) is 6.57. The third-order valence-corrected chi connectivity index (χ3v) is 3.16. The molecule has 6 heteroatoms. The third-order valence-electron chi connectivity index (χ3n) is 2.73. The molecule has 2 rings (SSSR count). The Kier molecular flexibility index (Phi) is 6.09. The van der Waals surface area contributed by atoms with E-state index in [0.29, 0.717) is 10.2 Å². The van der Waals surface area contributed by atoms with Crippen molar-refractivity contribution in [2.75, 3.05) is 6.54 Å². The summed E-state index contributed by atoms with van der Waals surface area (Å²) >= 11 is 3.17. The first kappa shape index (κ1) is 16.2. The Morgan fingerprint density at radius 1 is 1.36 bits per heavy atom. The highest BCUT2D eigenvalue weighted by Gasteiger charge is 2.02. The first-order valence-corrected chi connectivity index (χ1v) is 7.36. The fourth-order valence-electron chi connectivity index (χ4n) is 1.66. The largest absolute Gasteiger partial charge is 0.445 e. The number of nitrogens with one attached hydrogen (secondary N) is 1. The van der Waals surface area contributed by atoms with Crippen molar-refractivity contribution in [2.45, 2.75) is 6.61 Å². The van der Waals surface area contributed by atoms with Crippen LogP contribution in [0.15, 0.2) is 53.3 Å². The molecule has 0 bridgehead atoms. The van der Waals surface area contributed by atoms with E-state index in [4.69, 9.17) is 4.74 Å². The summed E-state index contributed by atoms with van der Waals surface area (Å²) in [5.74, 6) is -0.425. The normalized spacial score (nSPS) is 10.6. The standard InChI is InChI=1S/C16H14BrFN2O2/c17-15-9-13(14(18)10-20-15)7-4-8-19-16(21)22-11-12-5-2-1-3-6-12/h1-7,9-10H,8,11H2,(H,19,21). The number of hydrogen-bond donors (Lipinski definition) is 1. The molecular weight excluding hydrogens is 351 g/mol. The molecule has 0 atom stereocenters. The maximum atomic E-state index is 13.4. The summed E-state index contributed by atoms with van der Waals surface area (Å²) in [5.41, 5.74) is 1.30. The second-order valence-corrected chi connectivity index (χ2v) is 5.19. The van der Waals surface area contributed by atoms with Crippen molar-refractivity contribution in [1.29, 1.82) is 0 Å². The van der Waals surface area contributed by atoms with Crippen molar-refractivity contribution < 1.29 is 13.9 Å². The minimum atomic E-state index is -0.523. The van der Waals surface area contributed by atoms with Gasteiger partial charge in [0.15, 0.2) is 0 Å². The molecule has 4 nitrogen and oxygen atoms in total. The lowest BCUT2D eigenvalue weighted by atomic mass is 10.2. The SMILES string of the molecule is O=C(NCC=Cc1cc(Br)ncc1F)OCc1ccccc1. The van der Waals surface area contributed by atoms with Crippen LogP contribution in [-0.4, -0.2) is 17.6 Å². The van der Waals surface area contributed by atoms with Crippen molar-refractivity contribution in [2.24, 2.45) is 0 Å². The molecule has 114 valence electrons. The number of halogens is 2. The van der Waals surface area contributed by atoms with E-state index < -0.39 is 11.9 Å². The predicted molar refractivity (Wildman–Crippen MR) is 85.6 cm³/mol. The van der Waals surface area contributed by atoms with Gasteiger partial charge in [-0.1, -0.05) is 42.5 Å². The van der Waals surface area contributed by atoms with Gasteiger partial charge in [0, 0.05) is 12.1 Å². The summed E-state index contributed by atoms with van der Waals surface area (Å²) in [4.78, 5) is 15.3. The lowest BCUT2D eigenvalue weighted by Gasteiger charge is -2.05. The Morgan fingerprint density at radius 3 is 2.91 bits per heavy atom. The van der Waals surface area contributed by atoms with E-state index >= 15 is 0 Å². The van der Waals surface area contributed by atoms with Crippen LogP contribution in [0.3, 0.4) is 0 Å². The van der Waals surface area contributed by atoms with Crippen molar-refractivity contribution >= 4 is 28.1 Å². The summed E-state index contributed by atoms with van der Waals surface area (Å²) < 4.78 is 19.0. The highest BCUT2D eigenvalue weighted by atomic mass is 79.9.